The van der Waals surface area contributed by atoms with E-state index in [1.165, 1.54) is 5.56 Å². The topological polar surface area (TPSA) is 61.8 Å². The molecule has 0 spiro atoms. The number of anilines is 1. The Bertz CT molecular complexity index is 792. The van der Waals surface area contributed by atoms with Crippen LogP contribution in [0.4, 0.5) is 5.95 Å². The lowest BCUT2D eigenvalue weighted by molar-refractivity contribution is -0.133. The van der Waals surface area contributed by atoms with Crippen molar-refractivity contribution in [2.75, 3.05) is 51.3 Å². The summed E-state index contributed by atoms with van der Waals surface area (Å²) in [5.41, 5.74) is 1.23. The molecular weight excluding hydrogens is 354 g/mol. The van der Waals surface area contributed by atoms with Crippen LogP contribution in [-0.4, -0.2) is 72.1 Å². The minimum atomic E-state index is 0.212. The third kappa shape index (κ3) is 4.09. The SMILES string of the molecule is COc1cccc(C2CCCN2CC(=O)N2CCN(c3ncccn3)CC2)c1. The van der Waals surface area contributed by atoms with Gasteiger partial charge in [0.1, 0.15) is 5.75 Å². The van der Waals surface area contributed by atoms with Crippen molar-refractivity contribution in [1.29, 1.82) is 0 Å². The number of rotatable bonds is 5. The Kier molecular flexibility index (Phi) is 5.71. The molecule has 1 aromatic carbocycles. The van der Waals surface area contributed by atoms with E-state index in [0.717, 1.165) is 57.3 Å². The second kappa shape index (κ2) is 8.56. The zero-order valence-corrected chi connectivity index (χ0v) is 16.3. The first kappa shape index (κ1) is 18.7. The number of likely N-dealkylation sites (tertiary alicyclic amines) is 1. The number of aromatic nitrogens is 2. The van der Waals surface area contributed by atoms with Gasteiger partial charge in [-0.25, -0.2) is 9.97 Å². The Morgan fingerprint density at radius 3 is 2.64 bits per heavy atom. The molecule has 7 nitrogen and oxygen atoms in total. The summed E-state index contributed by atoms with van der Waals surface area (Å²) in [5.74, 6) is 1.82. The van der Waals surface area contributed by atoms with Crippen LogP contribution in [0.25, 0.3) is 0 Å². The molecule has 2 aromatic rings. The highest BCUT2D eigenvalue weighted by Crippen LogP contribution is 2.33. The van der Waals surface area contributed by atoms with Crippen molar-refractivity contribution in [2.24, 2.45) is 0 Å². The van der Waals surface area contributed by atoms with Gasteiger partial charge in [0.15, 0.2) is 0 Å². The maximum Gasteiger partial charge on any atom is 0.236 e. The van der Waals surface area contributed by atoms with Gasteiger partial charge in [0, 0.05) is 44.6 Å². The maximum atomic E-state index is 12.9. The lowest BCUT2D eigenvalue weighted by Gasteiger charge is -2.36. The van der Waals surface area contributed by atoms with Crippen LogP contribution in [0.2, 0.25) is 0 Å². The summed E-state index contributed by atoms with van der Waals surface area (Å²) < 4.78 is 5.36. The number of carbonyl (C=O) groups is 1. The van der Waals surface area contributed by atoms with Gasteiger partial charge in [-0.15, -0.1) is 0 Å². The van der Waals surface area contributed by atoms with Crippen molar-refractivity contribution in [3.8, 4) is 5.75 Å². The molecule has 0 radical (unpaired) electrons. The third-order valence-corrected chi connectivity index (χ3v) is 5.65. The zero-order chi connectivity index (χ0) is 19.3. The van der Waals surface area contributed by atoms with E-state index in [1.807, 2.05) is 23.1 Å². The summed E-state index contributed by atoms with van der Waals surface area (Å²) in [5, 5.41) is 0. The van der Waals surface area contributed by atoms with Crippen LogP contribution in [0.3, 0.4) is 0 Å². The van der Waals surface area contributed by atoms with E-state index in [4.69, 9.17) is 4.74 Å². The molecule has 2 fully saturated rings. The highest BCUT2D eigenvalue weighted by atomic mass is 16.5. The van der Waals surface area contributed by atoms with Crippen molar-refractivity contribution in [3.63, 3.8) is 0 Å². The Hall–Kier alpha value is -2.67. The molecule has 0 saturated carbocycles. The number of ether oxygens (including phenoxy) is 1. The number of carbonyl (C=O) groups excluding carboxylic acids is 1. The molecule has 2 aliphatic heterocycles. The molecule has 4 rings (SSSR count). The van der Waals surface area contributed by atoms with Crippen LogP contribution in [0.1, 0.15) is 24.4 Å². The first-order valence-electron chi connectivity index (χ1n) is 9.92. The normalized spacial score (nSPS) is 20.4. The van der Waals surface area contributed by atoms with Gasteiger partial charge in [0.25, 0.3) is 0 Å². The number of piperazine rings is 1. The molecule has 148 valence electrons. The average Bonchev–Trinajstić information content (AvgIpc) is 3.22. The Labute approximate surface area is 165 Å². The minimum Gasteiger partial charge on any atom is -0.497 e. The number of hydrogen-bond acceptors (Lipinski definition) is 6. The molecule has 2 aliphatic rings. The number of methoxy groups -OCH3 is 1. The summed E-state index contributed by atoms with van der Waals surface area (Å²) in [4.78, 5) is 27.9. The van der Waals surface area contributed by atoms with E-state index >= 15 is 0 Å². The molecule has 1 unspecified atom stereocenters. The third-order valence-electron chi connectivity index (χ3n) is 5.65. The van der Waals surface area contributed by atoms with Crippen molar-refractivity contribution in [3.05, 3.63) is 48.3 Å². The summed E-state index contributed by atoms with van der Waals surface area (Å²) in [6, 6.07) is 10.3. The smallest absolute Gasteiger partial charge is 0.236 e. The number of benzene rings is 1. The Morgan fingerprint density at radius 2 is 1.89 bits per heavy atom. The molecule has 1 aromatic heterocycles. The number of amides is 1. The summed E-state index contributed by atoms with van der Waals surface area (Å²) in [7, 11) is 1.69. The van der Waals surface area contributed by atoms with Crippen LogP contribution in [0, 0.1) is 0 Å². The van der Waals surface area contributed by atoms with Gasteiger partial charge in [-0.05, 0) is 43.1 Å². The molecule has 0 bridgehead atoms. The summed E-state index contributed by atoms with van der Waals surface area (Å²) >= 11 is 0. The van der Waals surface area contributed by atoms with E-state index < -0.39 is 0 Å². The zero-order valence-electron chi connectivity index (χ0n) is 16.3. The predicted molar refractivity (Wildman–Crippen MR) is 107 cm³/mol. The highest BCUT2D eigenvalue weighted by molar-refractivity contribution is 5.78. The van der Waals surface area contributed by atoms with Crippen LogP contribution in [0.15, 0.2) is 42.7 Å². The van der Waals surface area contributed by atoms with Crippen LogP contribution in [-0.2, 0) is 4.79 Å². The van der Waals surface area contributed by atoms with Gasteiger partial charge in [-0.2, -0.15) is 0 Å². The predicted octanol–water partition coefficient (Wildman–Crippen LogP) is 1.97. The van der Waals surface area contributed by atoms with E-state index in [-0.39, 0.29) is 11.9 Å². The highest BCUT2D eigenvalue weighted by Gasteiger charge is 2.30. The van der Waals surface area contributed by atoms with Gasteiger partial charge < -0.3 is 14.5 Å². The monoisotopic (exact) mass is 381 g/mol. The van der Waals surface area contributed by atoms with Crippen LogP contribution >= 0.6 is 0 Å². The number of hydrogen-bond donors (Lipinski definition) is 0. The number of nitrogens with zero attached hydrogens (tertiary/aromatic N) is 5. The van der Waals surface area contributed by atoms with Crippen molar-refractivity contribution < 1.29 is 9.53 Å². The Morgan fingerprint density at radius 1 is 1.11 bits per heavy atom. The van der Waals surface area contributed by atoms with Gasteiger partial charge in [0.2, 0.25) is 11.9 Å². The first-order valence-corrected chi connectivity index (χ1v) is 9.92. The fraction of sp³-hybridized carbons (Fsp3) is 0.476. The standard InChI is InChI=1S/C21H27N5O2/c1-28-18-6-2-5-17(15-18)19-7-3-10-26(19)16-20(27)24-11-13-25(14-12-24)21-22-8-4-9-23-21/h2,4-6,8-9,15,19H,3,7,10-14,16H2,1H3. The van der Waals surface area contributed by atoms with Crippen molar-refractivity contribution >= 4 is 11.9 Å². The second-order valence-corrected chi connectivity index (χ2v) is 7.32. The van der Waals surface area contributed by atoms with E-state index in [2.05, 4.69) is 31.9 Å². The van der Waals surface area contributed by atoms with E-state index in [0.29, 0.717) is 6.54 Å². The quantitative estimate of drug-likeness (QED) is 0.789. The van der Waals surface area contributed by atoms with Gasteiger partial charge >= 0.3 is 0 Å². The van der Waals surface area contributed by atoms with Gasteiger partial charge in [-0.3, -0.25) is 9.69 Å². The van der Waals surface area contributed by atoms with E-state index in [1.54, 1.807) is 19.5 Å². The molecule has 0 aliphatic carbocycles. The maximum absolute atomic E-state index is 12.9. The largest absolute Gasteiger partial charge is 0.497 e. The first-order chi connectivity index (χ1) is 13.7. The van der Waals surface area contributed by atoms with Gasteiger partial charge in [0.05, 0.1) is 13.7 Å². The second-order valence-electron chi connectivity index (χ2n) is 7.32. The molecule has 28 heavy (non-hydrogen) atoms. The van der Waals surface area contributed by atoms with Gasteiger partial charge in [-0.1, -0.05) is 12.1 Å². The molecule has 2 saturated heterocycles. The fourth-order valence-electron chi connectivity index (χ4n) is 4.13. The molecular formula is C21H27N5O2. The Balaban J connectivity index is 1.34. The molecule has 1 amide bonds. The molecule has 3 heterocycles. The van der Waals surface area contributed by atoms with E-state index in [9.17, 15) is 4.79 Å². The minimum absolute atomic E-state index is 0.212. The van der Waals surface area contributed by atoms with Crippen molar-refractivity contribution in [2.45, 2.75) is 18.9 Å². The van der Waals surface area contributed by atoms with Crippen LogP contribution < -0.4 is 9.64 Å². The van der Waals surface area contributed by atoms with Crippen molar-refractivity contribution in [1.82, 2.24) is 19.8 Å². The van der Waals surface area contributed by atoms with Crippen LogP contribution in [0.5, 0.6) is 5.75 Å². The average molecular weight is 381 g/mol. The molecule has 1 atom stereocenters. The molecule has 0 N–H and O–H groups in total. The summed E-state index contributed by atoms with van der Waals surface area (Å²) in [6.45, 7) is 4.42. The molecule has 7 heteroatoms. The fourth-order valence-corrected chi connectivity index (χ4v) is 4.13. The lowest BCUT2D eigenvalue weighted by Crippen LogP contribution is -2.51. The summed E-state index contributed by atoms with van der Waals surface area (Å²) in [6.07, 6.45) is 5.71. The lowest BCUT2D eigenvalue weighted by atomic mass is 10.0.